The van der Waals surface area contributed by atoms with Crippen LogP contribution in [-0.2, 0) is 0 Å². The molecule has 0 fully saturated rings. The van der Waals surface area contributed by atoms with Gasteiger partial charge in [0.2, 0.25) is 0 Å². The number of ether oxygens (including phenoxy) is 1. The number of halogens is 3. The summed E-state index contributed by atoms with van der Waals surface area (Å²) in [4.78, 5) is 1.03. The lowest BCUT2D eigenvalue weighted by atomic mass is 10.1. The van der Waals surface area contributed by atoms with E-state index in [0.29, 0.717) is 10.2 Å². The summed E-state index contributed by atoms with van der Waals surface area (Å²) in [5, 5.41) is 0. The Morgan fingerprint density at radius 1 is 1.26 bits per heavy atom. The molecule has 0 spiro atoms. The Labute approximate surface area is 132 Å². The van der Waals surface area contributed by atoms with Crippen molar-refractivity contribution in [3.63, 3.8) is 0 Å². The molecule has 1 aromatic heterocycles. The molecule has 0 amide bonds. The van der Waals surface area contributed by atoms with E-state index in [2.05, 4.69) is 31.9 Å². The van der Waals surface area contributed by atoms with Gasteiger partial charge in [-0.3, -0.25) is 0 Å². The van der Waals surface area contributed by atoms with Crippen molar-refractivity contribution in [1.82, 2.24) is 0 Å². The van der Waals surface area contributed by atoms with Crippen LogP contribution in [0.2, 0.25) is 0 Å². The predicted octanol–water partition coefficient (Wildman–Crippen LogP) is 4.88. The van der Waals surface area contributed by atoms with Crippen LogP contribution < -0.4 is 10.5 Å². The molecule has 0 saturated carbocycles. The minimum absolute atomic E-state index is 0.178. The molecule has 1 aromatic carbocycles. The zero-order valence-corrected chi connectivity index (χ0v) is 14.1. The van der Waals surface area contributed by atoms with Gasteiger partial charge in [0.25, 0.3) is 0 Å². The van der Waals surface area contributed by atoms with Crippen molar-refractivity contribution < 1.29 is 9.13 Å². The molecule has 0 saturated heterocycles. The average molecular weight is 409 g/mol. The van der Waals surface area contributed by atoms with Crippen LogP contribution in [0.1, 0.15) is 17.9 Å². The van der Waals surface area contributed by atoms with E-state index in [1.165, 1.54) is 12.1 Å². The summed E-state index contributed by atoms with van der Waals surface area (Å²) >= 11 is 8.29. The Morgan fingerprint density at radius 3 is 2.53 bits per heavy atom. The smallest absolute Gasteiger partial charge is 0.148 e. The highest BCUT2D eigenvalue weighted by Gasteiger charge is 2.21. The molecule has 2 atom stereocenters. The lowest BCUT2D eigenvalue weighted by molar-refractivity contribution is 0.182. The largest absolute Gasteiger partial charge is 0.482 e. The minimum atomic E-state index is -0.310. The third-order valence-electron chi connectivity index (χ3n) is 2.50. The number of nitrogens with two attached hydrogens (primary N) is 1. The van der Waals surface area contributed by atoms with Crippen molar-refractivity contribution in [2.24, 2.45) is 5.73 Å². The Kier molecular flexibility index (Phi) is 5.00. The first kappa shape index (κ1) is 15.0. The molecule has 2 nitrogen and oxygen atoms in total. The highest BCUT2D eigenvalue weighted by molar-refractivity contribution is 9.11. The Morgan fingerprint density at radius 2 is 2.00 bits per heavy atom. The maximum atomic E-state index is 13.1. The maximum absolute atomic E-state index is 13.1. The van der Waals surface area contributed by atoms with Gasteiger partial charge in [-0.25, -0.2) is 4.39 Å². The van der Waals surface area contributed by atoms with Crippen molar-refractivity contribution in [3.05, 3.63) is 49.3 Å². The second kappa shape index (κ2) is 6.35. The van der Waals surface area contributed by atoms with Crippen LogP contribution in [-0.4, -0.2) is 6.04 Å². The van der Waals surface area contributed by atoms with Crippen LogP contribution in [0.4, 0.5) is 4.39 Å². The summed E-state index contributed by atoms with van der Waals surface area (Å²) in [6, 6.07) is 8.08. The van der Waals surface area contributed by atoms with E-state index in [4.69, 9.17) is 10.5 Å². The van der Waals surface area contributed by atoms with Crippen LogP contribution in [0.3, 0.4) is 0 Å². The van der Waals surface area contributed by atoms with E-state index in [0.717, 1.165) is 8.66 Å². The quantitative estimate of drug-likeness (QED) is 0.782. The molecule has 0 bridgehead atoms. The number of thiophene rings is 1. The maximum Gasteiger partial charge on any atom is 0.148 e. The van der Waals surface area contributed by atoms with Crippen molar-refractivity contribution in [1.29, 1.82) is 0 Å². The minimum Gasteiger partial charge on any atom is -0.482 e. The summed E-state index contributed by atoms with van der Waals surface area (Å²) in [7, 11) is 0. The molecule has 19 heavy (non-hydrogen) atoms. The van der Waals surface area contributed by atoms with Crippen molar-refractivity contribution >= 4 is 43.2 Å². The van der Waals surface area contributed by atoms with Gasteiger partial charge in [-0.1, -0.05) is 0 Å². The van der Waals surface area contributed by atoms with Gasteiger partial charge in [0.1, 0.15) is 17.7 Å². The van der Waals surface area contributed by atoms with Gasteiger partial charge < -0.3 is 10.5 Å². The lowest BCUT2D eigenvalue weighted by Gasteiger charge is -2.22. The average Bonchev–Trinajstić information content (AvgIpc) is 2.74. The molecule has 2 aromatic rings. The molecule has 102 valence electrons. The Balaban J connectivity index is 2.26. The molecule has 6 heteroatoms. The van der Waals surface area contributed by atoms with E-state index < -0.39 is 0 Å². The third-order valence-corrected chi connectivity index (χ3v) is 4.80. The van der Waals surface area contributed by atoms with Crippen molar-refractivity contribution in [3.8, 4) is 5.75 Å². The van der Waals surface area contributed by atoms with Crippen LogP contribution in [0.15, 0.2) is 38.6 Å². The van der Waals surface area contributed by atoms with Gasteiger partial charge in [0.15, 0.2) is 0 Å². The zero-order valence-electron chi connectivity index (χ0n) is 10.1. The number of hydrogen-bond acceptors (Lipinski definition) is 3. The standard InChI is InChI=1S/C13H12Br2FNOS/c1-7(17)13(11-4-5-12(15)19-11)18-10-3-2-8(16)6-9(10)14/h2-7,13H,17H2,1H3. The number of benzene rings is 1. The molecular formula is C13H12Br2FNOS. The van der Waals surface area contributed by atoms with Crippen molar-refractivity contribution in [2.75, 3.05) is 0 Å². The van der Waals surface area contributed by atoms with Gasteiger partial charge >= 0.3 is 0 Å². The van der Waals surface area contributed by atoms with Gasteiger partial charge in [-0.05, 0) is 69.1 Å². The summed E-state index contributed by atoms with van der Waals surface area (Å²) in [6.07, 6.45) is -0.266. The predicted molar refractivity (Wildman–Crippen MR) is 83.1 cm³/mol. The summed E-state index contributed by atoms with van der Waals surface area (Å²) in [6.45, 7) is 1.88. The fraction of sp³-hybridized carbons (Fsp3) is 0.231. The van der Waals surface area contributed by atoms with Gasteiger partial charge in [-0.2, -0.15) is 0 Å². The topological polar surface area (TPSA) is 35.2 Å². The zero-order chi connectivity index (χ0) is 14.0. The fourth-order valence-corrected chi connectivity index (χ4v) is 3.63. The van der Waals surface area contributed by atoms with Crippen LogP contribution in [0.5, 0.6) is 5.75 Å². The molecule has 0 aliphatic carbocycles. The summed E-state index contributed by atoms with van der Waals surface area (Å²) in [5.74, 6) is 0.267. The molecule has 2 rings (SSSR count). The molecule has 0 radical (unpaired) electrons. The second-order valence-electron chi connectivity index (χ2n) is 4.11. The Hall–Kier alpha value is -0.430. The molecule has 0 aliphatic heterocycles. The highest BCUT2D eigenvalue weighted by atomic mass is 79.9. The molecule has 1 heterocycles. The van der Waals surface area contributed by atoms with Crippen molar-refractivity contribution in [2.45, 2.75) is 19.1 Å². The monoisotopic (exact) mass is 407 g/mol. The van der Waals surface area contributed by atoms with E-state index in [1.807, 2.05) is 19.1 Å². The number of hydrogen-bond donors (Lipinski definition) is 1. The third kappa shape index (κ3) is 3.78. The van der Waals surface area contributed by atoms with Gasteiger partial charge in [0, 0.05) is 10.9 Å². The van der Waals surface area contributed by atoms with E-state index in [-0.39, 0.29) is 18.0 Å². The van der Waals surface area contributed by atoms with Crippen LogP contribution in [0.25, 0.3) is 0 Å². The first-order valence-electron chi connectivity index (χ1n) is 5.60. The molecular weight excluding hydrogens is 397 g/mol. The lowest BCUT2D eigenvalue weighted by Crippen LogP contribution is -2.28. The second-order valence-corrected chi connectivity index (χ2v) is 7.46. The highest BCUT2D eigenvalue weighted by Crippen LogP contribution is 2.35. The Bertz CT molecular complexity index is 574. The molecule has 2 N–H and O–H groups in total. The summed E-state index contributed by atoms with van der Waals surface area (Å²) in [5.41, 5.74) is 5.98. The van der Waals surface area contributed by atoms with Gasteiger partial charge in [-0.15, -0.1) is 11.3 Å². The van der Waals surface area contributed by atoms with Gasteiger partial charge in [0.05, 0.1) is 8.26 Å². The number of rotatable bonds is 4. The fourth-order valence-electron chi connectivity index (χ4n) is 1.61. The normalized spacial score (nSPS) is 14.2. The SMILES string of the molecule is CC(N)C(Oc1ccc(F)cc1Br)c1ccc(Br)s1. The molecule has 2 unspecified atom stereocenters. The first-order chi connectivity index (χ1) is 8.97. The van der Waals surface area contributed by atoms with Crippen LogP contribution in [0, 0.1) is 5.82 Å². The molecule has 0 aliphatic rings. The van der Waals surface area contributed by atoms with Crippen LogP contribution >= 0.6 is 43.2 Å². The summed E-state index contributed by atoms with van der Waals surface area (Å²) < 4.78 is 20.6. The van der Waals surface area contributed by atoms with E-state index in [9.17, 15) is 4.39 Å². The van der Waals surface area contributed by atoms with E-state index in [1.54, 1.807) is 17.4 Å². The van der Waals surface area contributed by atoms with E-state index >= 15 is 0 Å². The first-order valence-corrected chi connectivity index (χ1v) is 8.00.